The van der Waals surface area contributed by atoms with Crippen molar-refractivity contribution in [3.63, 3.8) is 0 Å². The molecule has 1 aliphatic heterocycles. The van der Waals surface area contributed by atoms with Crippen LogP contribution in [0.15, 0.2) is 18.3 Å². The molecule has 0 saturated carbocycles. The highest BCUT2D eigenvalue weighted by atomic mass is 19.1. The molecule has 0 radical (unpaired) electrons. The van der Waals surface area contributed by atoms with E-state index in [-0.39, 0.29) is 11.6 Å². The van der Waals surface area contributed by atoms with Gasteiger partial charge in [-0.2, -0.15) is 0 Å². The van der Waals surface area contributed by atoms with E-state index in [1.807, 2.05) is 0 Å². The van der Waals surface area contributed by atoms with Gasteiger partial charge in [-0.05, 0) is 24.5 Å². The molecule has 1 saturated heterocycles. The summed E-state index contributed by atoms with van der Waals surface area (Å²) in [5.74, 6) is -2.11. The molecule has 96 valence electrons. The topological polar surface area (TPSA) is 70.5 Å². The minimum atomic E-state index is -1.02. The van der Waals surface area contributed by atoms with Crippen molar-refractivity contribution in [2.75, 3.05) is 6.54 Å². The van der Waals surface area contributed by atoms with Gasteiger partial charge in [0.25, 0.3) is 5.91 Å². The van der Waals surface area contributed by atoms with E-state index in [0.717, 1.165) is 12.3 Å². The molecule has 1 aliphatic rings. The summed E-state index contributed by atoms with van der Waals surface area (Å²) in [5.41, 5.74) is 0.0664. The first-order valence-electron chi connectivity index (χ1n) is 5.66. The smallest absolute Gasteiger partial charge is 0.326 e. The van der Waals surface area contributed by atoms with Gasteiger partial charge >= 0.3 is 5.97 Å². The maximum atomic E-state index is 12.7. The Morgan fingerprint density at radius 1 is 1.50 bits per heavy atom. The Hall–Kier alpha value is -1.98. The van der Waals surface area contributed by atoms with Gasteiger partial charge in [-0.15, -0.1) is 0 Å². The molecule has 2 heterocycles. The zero-order chi connectivity index (χ0) is 13.3. The fourth-order valence-electron chi connectivity index (χ4n) is 2.20. The number of carboxylic acids is 1. The highest BCUT2D eigenvalue weighted by molar-refractivity contribution is 5.95. The second-order valence-corrected chi connectivity index (χ2v) is 4.41. The van der Waals surface area contributed by atoms with Crippen LogP contribution in [0, 0.1) is 11.7 Å². The van der Waals surface area contributed by atoms with Gasteiger partial charge in [0.2, 0.25) is 0 Å². The summed E-state index contributed by atoms with van der Waals surface area (Å²) in [6, 6.07) is 1.57. The molecule has 5 nitrogen and oxygen atoms in total. The molecule has 0 aliphatic carbocycles. The van der Waals surface area contributed by atoms with Crippen LogP contribution >= 0.6 is 0 Å². The fraction of sp³-hybridized carbons (Fsp3) is 0.417. The van der Waals surface area contributed by atoms with E-state index >= 15 is 0 Å². The molecule has 0 aromatic carbocycles. The second kappa shape index (κ2) is 4.72. The molecule has 1 aromatic rings. The molecule has 0 spiro atoms. The summed E-state index contributed by atoms with van der Waals surface area (Å²) in [6.45, 7) is 2.18. The zero-order valence-corrected chi connectivity index (χ0v) is 9.84. The molecule has 1 fully saturated rings. The van der Waals surface area contributed by atoms with Crippen molar-refractivity contribution < 1.29 is 19.1 Å². The quantitative estimate of drug-likeness (QED) is 0.857. The number of aromatic nitrogens is 1. The summed E-state index contributed by atoms with van der Waals surface area (Å²) < 4.78 is 12.7. The van der Waals surface area contributed by atoms with Gasteiger partial charge in [-0.25, -0.2) is 14.2 Å². The van der Waals surface area contributed by atoms with Gasteiger partial charge in [0.1, 0.15) is 17.6 Å². The third kappa shape index (κ3) is 2.18. The van der Waals surface area contributed by atoms with E-state index in [0.29, 0.717) is 13.0 Å². The summed E-state index contributed by atoms with van der Waals surface area (Å²) in [4.78, 5) is 28.2. The molecule has 18 heavy (non-hydrogen) atoms. The molecule has 2 atom stereocenters. The minimum Gasteiger partial charge on any atom is -0.480 e. The monoisotopic (exact) mass is 252 g/mol. The number of aliphatic carboxylic acids is 1. The van der Waals surface area contributed by atoms with Gasteiger partial charge in [-0.3, -0.25) is 4.79 Å². The number of hydrogen-bond donors (Lipinski definition) is 1. The first-order chi connectivity index (χ1) is 8.50. The zero-order valence-electron chi connectivity index (χ0n) is 9.84. The van der Waals surface area contributed by atoms with Gasteiger partial charge in [-0.1, -0.05) is 6.92 Å². The van der Waals surface area contributed by atoms with Crippen molar-refractivity contribution in [2.45, 2.75) is 19.4 Å². The lowest BCUT2D eigenvalue weighted by atomic mass is 10.0. The average Bonchev–Trinajstić information content (AvgIpc) is 2.71. The van der Waals surface area contributed by atoms with Crippen LogP contribution in [0.4, 0.5) is 4.39 Å². The van der Waals surface area contributed by atoms with E-state index in [2.05, 4.69) is 4.98 Å². The molecule has 6 heteroatoms. The van der Waals surface area contributed by atoms with Gasteiger partial charge in [0.05, 0.1) is 6.20 Å². The molecule has 1 N–H and O–H groups in total. The molecule has 2 rings (SSSR count). The lowest BCUT2D eigenvalue weighted by molar-refractivity contribution is -0.142. The number of amides is 1. The van der Waals surface area contributed by atoms with Crippen LogP contribution in [0.25, 0.3) is 0 Å². The van der Waals surface area contributed by atoms with E-state index in [4.69, 9.17) is 5.11 Å². The number of carbonyl (C=O) groups is 2. The number of halogens is 1. The van der Waals surface area contributed by atoms with Crippen LogP contribution in [0.3, 0.4) is 0 Å². The van der Waals surface area contributed by atoms with E-state index in [9.17, 15) is 14.0 Å². The summed E-state index contributed by atoms with van der Waals surface area (Å²) >= 11 is 0. The molecular formula is C12H13FN2O3. The number of nitrogens with zero attached hydrogens (tertiary/aromatic N) is 2. The van der Waals surface area contributed by atoms with E-state index in [1.165, 1.54) is 11.0 Å². The molecule has 2 unspecified atom stereocenters. The third-order valence-electron chi connectivity index (χ3n) is 3.16. The van der Waals surface area contributed by atoms with Crippen molar-refractivity contribution >= 4 is 11.9 Å². The Morgan fingerprint density at radius 2 is 2.22 bits per heavy atom. The lowest BCUT2D eigenvalue weighted by Crippen LogP contribution is -2.43. The predicted molar refractivity (Wildman–Crippen MR) is 60.4 cm³/mol. The van der Waals surface area contributed by atoms with Crippen LogP contribution in [0.1, 0.15) is 23.8 Å². The van der Waals surface area contributed by atoms with Crippen LogP contribution in [0.2, 0.25) is 0 Å². The predicted octanol–water partition coefficient (Wildman–Crippen LogP) is 1.16. The van der Waals surface area contributed by atoms with E-state index < -0.39 is 23.7 Å². The molecular weight excluding hydrogens is 239 g/mol. The maximum Gasteiger partial charge on any atom is 0.326 e. The Balaban J connectivity index is 2.23. The normalized spacial score (nSPS) is 23.1. The van der Waals surface area contributed by atoms with Gasteiger partial charge in [0, 0.05) is 6.54 Å². The number of rotatable bonds is 2. The van der Waals surface area contributed by atoms with Crippen LogP contribution in [0.5, 0.6) is 0 Å². The first-order valence-corrected chi connectivity index (χ1v) is 5.66. The van der Waals surface area contributed by atoms with Crippen molar-refractivity contribution in [1.82, 2.24) is 9.88 Å². The fourth-order valence-corrected chi connectivity index (χ4v) is 2.20. The average molecular weight is 252 g/mol. The van der Waals surface area contributed by atoms with E-state index in [1.54, 1.807) is 6.92 Å². The van der Waals surface area contributed by atoms with Crippen molar-refractivity contribution in [1.29, 1.82) is 0 Å². The van der Waals surface area contributed by atoms with Gasteiger partial charge in [0.15, 0.2) is 0 Å². The maximum absolute atomic E-state index is 12.7. The number of carboxylic acid groups (broad SMARTS) is 1. The summed E-state index contributed by atoms with van der Waals surface area (Å²) in [6.07, 6.45) is 1.59. The standard InChI is InChI=1S/C12H13FN2O3/c1-7-4-5-15(10(7)12(17)18)11(16)9-3-2-8(13)6-14-9/h2-3,6-7,10H,4-5H2,1H3,(H,17,18). The van der Waals surface area contributed by atoms with Crippen LogP contribution < -0.4 is 0 Å². The second-order valence-electron chi connectivity index (χ2n) is 4.41. The Labute approximate surface area is 103 Å². The first kappa shape index (κ1) is 12.5. The highest BCUT2D eigenvalue weighted by Gasteiger charge is 2.40. The number of hydrogen-bond acceptors (Lipinski definition) is 3. The third-order valence-corrected chi connectivity index (χ3v) is 3.16. The van der Waals surface area contributed by atoms with Crippen molar-refractivity contribution in [3.8, 4) is 0 Å². The Morgan fingerprint density at radius 3 is 2.78 bits per heavy atom. The van der Waals surface area contributed by atoms with Crippen LogP contribution in [-0.4, -0.2) is 39.5 Å². The largest absolute Gasteiger partial charge is 0.480 e. The number of likely N-dealkylation sites (tertiary alicyclic amines) is 1. The van der Waals surface area contributed by atoms with Crippen molar-refractivity contribution in [2.24, 2.45) is 5.92 Å². The minimum absolute atomic E-state index is 0.0664. The summed E-state index contributed by atoms with van der Waals surface area (Å²) in [7, 11) is 0. The Kier molecular flexibility index (Phi) is 3.27. The number of carbonyl (C=O) groups excluding carboxylic acids is 1. The molecule has 1 aromatic heterocycles. The molecule has 0 bridgehead atoms. The highest BCUT2D eigenvalue weighted by Crippen LogP contribution is 2.25. The van der Waals surface area contributed by atoms with Gasteiger partial charge < -0.3 is 10.0 Å². The van der Waals surface area contributed by atoms with Crippen LogP contribution in [-0.2, 0) is 4.79 Å². The number of pyridine rings is 1. The van der Waals surface area contributed by atoms with Crippen molar-refractivity contribution in [3.05, 3.63) is 29.8 Å². The lowest BCUT2D eigenvalue weighted by Gasteiger charge is -2.22. The summed E-state index contributed by atoms with van der Waals surface area (Å²) in [5, 5.41) is 9.12. The molecule has 1 amide bonds. The Bertz CT molecular complexity index is 475. The SMILES string of the molecule is CC1CCN(C(=O)c2ccc(F)cn2)C1C(=O)O.